The fourth-order valence-electron chi connectivity index (χ4n) is 5.44. The van der Waals surface area contributed by atoms with Gasteiger partial charge in [-0.2, -0.15) is 18.3 Å². The number of morpholine rings is 1. The van der Waals surface area contributed by atoms with Gasteiger partial charge in [0.1, 0.15) is 18.0 Å². The van der Waals surface area contributed by atoms with Gasteiger partial charge in [0.15, 0.2) is 0 Å². The van der Waals surface area contributed by atoms with E-state index in [9.17, 15) is 22.8 Å². The Morgan fingerprint density at radius 1 is 0.956 bits per heavy atom. The van der Waals surface area contributed by atoms with E-state index in [-0.39, 0.29) is 18.7 Å². The summed E-state index contributed by atoms with van der Waals surface area (Å²) in [5, 5.41) is 6.12. The molecular formula is C33H35F3N4O5. The number of carbonyl (C=O) groups is 2. The molecule has 0 aromatic heterocycles. The monoisotopic (exact) mass is 624 g/mol. The molecule has 238 valence electrons. The second-order valence-corrected chi connectivity index (χ2v) is 10.7. The van der Waals surface area contributed by atoms with Crippen LogP contribution in [0.15, 0.2) is 77.9 Å². The number of rotatable bonds is 10. The quantitative estimate of drug-likeness (QED) is 0.320. The second kappa shape index (κ2) is 14.1. The first-order chi connectivity index (χ1) is 21.7. The van der Waals surface area contributed by atoms with E-state index < -0.39 is 29.6 Å². The molecule has 3 aromatic carbocycles. The number of hydrogen-bond donors (Lipinski definition) is 0. The van der Waals surface area contributed by atoms with Crippen LogP contribution >= 0.6 is 0 Å². The maximum Gasteiger partial charge on any atom is 0.416 e. The zero-order valence-corrected chi connectivity index (χ0v) is 25.1. The van der Waals surface area contributed by atoms with Gasteiger partial charge in [-0.1, -0.05) is 18.2 Å². The second-order valence-electron chi connectivity index (χ2n) is 10.7. The zero-order chi connectivity index (χ0) is 32.0. The predicted molar refractivity (Wildman–Crippen MR) is 161 cm³/mol. The minimum Gasteiger partial charge on any atom is -0.497 e. The van der Waals surface area contributed by atoms with Gasteiger partial charge in [-0.3, -0.25) is 14.5 Å². The molecule has 0 spiro atoms. The lowest BCUT2D eigenvalue weighted by Crippen LogP contribution is -2.46. The van der Waals surface area contributed by atoms with Crippen LogP contribution < -0.4 is 9.47 Å². The van der Waals surface area contributed by atoms with E-state index in [1.807, 2.05) is 48.5 Å². The average Bonchev–Trinajstić information content (AvgIpc) is 3.52. The van der Waals surface area contributed by atoms with Crippen LogP contribution in [-0.2, 0) is 15.7 Å². The molecule has 1 saturated heterocycles. The van der Waals surface area contributed by atoms with Crippen molar-refractivity contribution in [3.8, 4) is 11.5 Å². The molecule has 0 saturated carbocycles. The Bertz CT molecular complexity index is 1510. The van der Waals surface area contributed by atoms with E-state index in [2.05, 4.69) is 4.90 Å². The highest BCUT2D eigenvalue weighted by Crippen LogP contribution is 2.38. The number of nitrogens with zero attached hydrogens (tertiary/aromatic N) is 4. The minimum absolute atomic E-state index is 0.0582. The summed E-state index contributed by atoms with van der Waals surface area (Å²) in [5.74, 6) is 0.301. The molecule has 9 nitrogen and oxygen atoms in total. The number of para-hydroxylation sites is 1. The standard InChI is InChI=1S/C33H35F3N4O5/c1-43-26-13-9-23(10-14-26)28-21-29(27-5-3-4-6-30(27)44-2)40(37-28)31(41)22-39(16-15-38-17-19-45-20-18-38)32(42)24-7-11-25(12-8-24)33(34,35)36/h3-14,29H,15-22H2,1-2H3/t29-/m0/s1. The lowest BCUT2D eigenvalue weighted by Gasteiger charge is -2.31. The molecule has 2 aliphatic rings. The Labute approximate surface area is 259 Å². The first-order valence-electron chi connectivity index (χ1n) is 14.6. The average molecular weight is 625 g/mol. The van der Waals surface area contributed by atoms with Gasteiger partial charge in [-0.05, 0) is 60.2 Å². The number of hydrazone groups is 1. The van der Waals surface area contributed by atoms with Gasteiger partial charge in [0.05, 0.1) is 44.8 Å². The van der Waals surface area contributed by atoms with E-state index in [1.54, 1.807) is 14.2 Å². The van der Waals surface area contributed by atoms with Crippen molar-refractivity contribution in [2.75, 3.05) is 60.2 Å². The fourth-order valence-corrected chi connectivity index (χ4v) is 5.44. The van der Waals surface area contributed by atoms with E-state index >= 15 is 0 Å². The normalized spacial score (nSPS) is 17.1. The molecule has 1 fully saturated rings. The number of amides is 2. The number of hydrogen-bond acceptors (Lipinski definition) is 7. The fraction of sp³-hybridized carbons (Fsp3) is 0.364. The summed E-state index contributed by atoms with van der Waals surface area (Å²) >= 11 is 0. The SMILES string of the molecule is COc1ccc(C2=NN(C(=O)CN(CCN3CCOCC3)C(=O)c3ccc(C(F)(F)F)cc3)[C@H](c3ccccc3OC)C2)cc1. The lowest BCUT2D eigenvalue weighted by molar-refractivity contribution is -0.137. The van der Waals surface area contributed by atoms with E-state index in [4.69, 9.17) is 19.3 Å². The van der Waals surface area contributed by atoms with Crippen LogP contribution in [0.1, 0.15) is 39.5 Å². The molecule has 45 heavy (non-hydrogen) atoms. The van der Waals surface area contributed by atoms with Gasteiger partial charge < -0.3 is 19.1 Å². The summed E-state index contributed by atoms with van der Waals surface area (Å²) in [5.41, 5.74) is 1.45. The highest BCUT2D eigenvalue weighted by Gasteiger charge is 2.36. The van der Waals surface area contributed by atoms with E-state index in [0.717, 1.165) is 35.4 Å². The van der Waals surface area contributed by atoms with Gasteiger partial charge in [0.25, 0.3) is 11.8 Å². The molecule has 3 aromatic rings. The van der Waals surface area contributed by atoms with Crippen molar-refractivity contribution in [3.63, 3.8) is 0 Å². The number of benzene rings is 3. The van der Waals surface area contributed by atoms with Crippen molar-refractivity contribution < 1.29 is 37.0 Å². The van der Waals surface area contributed by atoms with Crippen LogP contribution in [0.5, 0.6) is 11.5 Å². The van der Waals surface area contributed by atoms with Crippen LogP contribution in [0, 0.1) is 0 Å². The summed E-state index contributed by atoms with van der Waals surface area (Å²) in [4.78, 5) is 31.3. The Hall–Kier alpha value is -4.42. The summed E-state index contributed by atoms with van der Waals surface area (Å²) in [6.45, 7) is 2.80. The Morgan fingerprint density at radius 2 is 1.64 bits per heavy atom. The van der Waals surface area contributed by atoms with Gasteiger partial charge in [0, 0.05) is 43.7 Å². The van der Waals surface area contributed by atoms with Crippen LogP contribution in [0.25, 0.3) is 0 Å². The minimum atomic E-state index is -4.53. The third-order valence-corrected chi connectivity index (χ3v) is 7.95. The lowest BCUT2D eigenvalue weighted by atomic mass is 9.97. The molecule has 0 bridgehead atoms. The molecule has 0 N–H and O–H groups in total. The van der Waals surface area contributed by atoms with E-state index in [1.165, 1.54) is 9.91 Å². The maximum absolute atomic E-state index is 14.1. The van der Waals surface area contributed by atoms with Crippen molar-refractivity contribution in [1.82, 2.24) is 14.8 Å². The van der Waals surface area contributed by atoms with Gasteiger partial charge in [0.2, 0.25) is 0 Å². The topological polar surface area (TPSA) is 83.9 Å². The number of halogens is 3. The summed E-state index contributed by atoms with van der Waals surface area (Å²) < 4.78 is 55.9. The molecule has 2 amide bonds. The third kappa shape index (κ3) is 7.63. The first-order valence-corrected chi connectivity index (χ1v) is 14.6. The zero-order valence-electron chi connectivity index (χ0n) is 25.1. The molecule has 0 radical (unpaired) electrons. The van der Waals surface area contributed by atoms with Gasteiger partial charge in [-0.25, -0.2) is 5.01 Å². The molecular weight excluding hydrogens is 589 g/mol. The molecule has 12 heteroatoms. The van der Waals surface area contributed by atoms with Crippen molar-refractivity contribution in [2.45, 2.75) is 18.6 Å². The molecule has 1 atom stereocenters. The summed E-state index contributed by atoms with van der Waals surface area (Å²) in [6, 6.07) is 18.3. The number of alkyl halides is 3. The molecule has 2 aliphatic heterocycles. The smallest absolute Gasteiger partial charge is 0.416 e. The number of methoxy groups -OCH3 is 2. The largest absolute Gasteiger partial charge is 0.497 e. The van der Waals surface area contributed by atoms with Crippen LogP contribution in [0.4, 0.5) is 13.2 Å². The predicted octanol–water partition coefficient (Wildman–Crippen LogP) is 4.87. The maximum atomic E-state index is 14.1. The summed E-state index contributed by atoms with van der Waals surface area (Å²) in [6.07, 6.45) is -4.13. The number of carbonyl (C=O) groups excluding carboxylic acids is 2. The van der Waals surface area contributed by atoms with Crippen LogP contribution in [0.3, 0.4) is 0 Å². The number of ether oxygens (including phenoxy) is 3. The Kier molecular flexibility index (Phi) is 10.0. The molecule has 5 rings (SSSR count). The third-order valence-electron chi connectivity index (χ3n) is 7.95. The van der Waals surface area contributed by atoms with E-state index in [0.29, 0.717) is 56.5 Å². The highest BCUT2D eigenvalue weighted by molar-refractivity contribution is 6.04. The van der Waals surface area contributed by atoms with Crippen LogP contribution in [-0.4, -0.2) is 92.5 Å². The van der Waals surface area contributed by atoms with Crippen LogP contribution in [0.2, 0.25) is 0 Å². The van der Waals surface area contributed by atoms with Gasteiger partial charge in [-0.15, -0.1) is 0 Å². The van der Waals surface area contributed by atoms with Gasteiger partial charge >= 0.3 is 6.18 Å². The molecule has 0 aliphatic carbocycles. The van der Waals surface area contributed by atoms with Crippen molar-refractivity contribution in [3.05, 3.63) is 95.1 Å². The van der Waals surface area contributed by atoms with Crippen molar-refractivity contribution in [1.29, 1.82) is 0 Å². The highest BCUT2D eigenvalue weighted by atomic mass is 19.4. The van der Waals surface area contributed by atoms with Crippen molar-refractivity contribution >= 4 is 17.5 Å². The van der Waals surface area contributed by atoms with Crippen molar-refractivity contribution in [2.24, 2.45) is 5.10 Å². The molecule has 2 heterocycles. The Balaban J connectivity index is 1.44. The molecule has 0 unspecified atom stereocenters. The summed E-state index contributed by atoms with van der Waals surface area (Å²) in [7, 11) is 3.14. The Morgan fingerprint density at radius 3 is 2.29 bits per heavy atom. The first kappa shape index (κ1) is 32.0.